The quantitative estimate of drug-likeness (QED) is 0.833. The van der Waals surface area contributed by atoms with Gasteiger partial charge in [0.2, 0.25) is 5.82 Å². The largest absolute Gasteiger partial charge is 0.486 e. The molecule has 7 heteroatoms. The van der Waals surface area contributed by atoms with Crippen LogP contribution >= 0.6 is 15.9 Å². The molecule has 1 N–H and O–H groups in total. The monoisotopic (exact) mass is 360 g/mol. The standard InChI is InChI=1S/C14H8BrF3O3/c15-8-3-11(17)13(18)12(4-8)21-6-7-1-2-9(16)5-10(7)14(19)20/h1-5H,6H2,(H,19,20). The smallest absolute Gasteiger partial charge is 0.336 e. The van der Waals surface area contributed by atoms with E-state index in [4.69, 9.17) is 9.84 Å². The predicted molar refractivity (Wildman–Crippen MR) is 71.7 cm³/mol. The molecule has 0 spiro atoms. The number of carbonyl (C=O) groups is 1. The lowest BCUT2D eigenvalue weighted by molar-refractivity contribution is 0.0693. The Morgan fingerprint density at radius 3 is 2.57 bits per heavy atom. The number of hydrogen-bond donors (Lipinski definition) is 1. The average Bonchev–Trinajstić information content (AvgIpc) is 2.42. The number of halogens is 4. The van der Waals surface area contributed by atoms with Crippen molar-refractivity contribution in [3.63, 3.8) is 0 Å². The summed E-state index contributed by atoms with van der Waals surface area (Å²) in [6.07, 6.45) is 0. The summed E-state index contributed by atoms with van der Waals surface area (Å²) in [4.78, 5) is 11.0. The number of hydrogen-bond acceptors (Lipinski definition) is 2. The highest BCUT2D eigenvalue weighted by molar-refractivity contribution is 9.10. The van der Waals surface area contributed by atoms with Gasteiger partial charge in [-0.15, -0.1) is 0 Å². The number of benzene rings is 2. The molecule has 0 saturated heterocycles. The average molecular weight is 361 g/mol. The summed E-state index contributed by atoms with van der Waals surface area (Å²) in [5.41, 5.74) is -0.158. The first kappa shape index (κ1) is 15.4. The fourth-order valence-electron chi connectivity index (χ4n) is 1.67. The summed E-state index contributed by atoms with van der Waals surface area (Å²) >= 11 is 2.99. The van der Waals surface area contributed by atoms with Gasteiger partial charge >= 0.3 is 5.97 Å². The van der Waals surface area contributed by atoms with E-state index in [-0.39, 0.29) is 28.0 Å². The van der Waals surface area contributed by atoms with E-state index in [2.05, 4.69) is 15.9 Å². The van der Waals surface area contributed by atoms with Crippen LogP contribution in [0.2, 0.25) is 0 Å². The van der Waals surface area contributed by atoms with Crippen LogP contribution in [-0.4, -0.2) is 11.1 Å². The molecule has 0 atom stereocenters. The molecular weight excluding hydrogens is 353 g/mol. The van der Waals surface area contributed by atoms with Crippen molar-refractivity contribution in [2.75, 3.05) is 0 Å². The van der Waals surface area contributed by atoms with Crippen LogP contribution in [-0.2, 0) is 6.61 Å². The minimum absolute atomic E-state index is 0.142. The molecule has 0 heterocycles. The van der Waals surface area contributed by atoms with Gasteiger partial charge in [-0.2, -0.15) is 4.39 Å². The molecule has 0 aliphatic carbocycles. The van der Waals surface area contributed by atoms with Gasteiger partial charge in [-0.25, -0.2) is 13.6 Å². The predicted octanol–water partition coefficient (Wildman–Crippen LogP) is 4.14. The highest BCUT2D eigenvalue weighted by atomic mass is 79.9. The molecular formula is C14H8BrF3O3. The highest BCUT2D eigenvalue weighted by Gasteiger charge is 2.15. The van der Waals surface area contributed by atoms with Crippen LogP contribution in [0.1, 0.15) is 15.9 Å². The summed E-state index contributed by atoms with van der Waals surface area (Å²) in [6, 6.07) is 5.25. The fourth-order valence-corrected chi connectivity index (χ4v) is 2.08. The van der Waals surface area contributed by atoms with Gasteiger partial charge in [-0.1, -0.05) is 22.0 Å². The van der Waals surface area contributed by atoms with Crippen molar-refractivity contribution in [2.24, 2.45) is 0 Å². The Morgan fingerprint density at radius 2 is 1.90 bits per heavy atom. The van der Waals surface area contributed by atoms with E-state index in [9.17, 15) is 18.0 Å². The van der Waals surface area contributed by atoms with Crippen LogP contribution < -0.4 is 4.74 Å². The first-order valence-electron chi connectivity index (χ1n) is 5.67. The van der Waals surface area contributed by atoms with Crippen LogP contribution in [0.15, 0.2) is 34.8 Å². The number of rotatable bonds is 4. The van der Waals surface area contributed by atoms with Gasteiger partial charge in [0.25, 0.3) is 0 Å². The Morgan fingerprint density at radius 1 is 1.19 bits per heavy atom. The Labute approximate surface area is 126 Å². The van der Waals surface area contributed by atoms with Gasteiger partial charge in [-0.3, -0.25) is 0 Å². The van der Waals surface area contributed by atoms with Crippen LogP contribution in [0.3, 0.4) is 0 Å². The molecule has 0 aliphatic heterocycles. The zero-order valence-corrected chi connectivity index (χ0v) is 12.0. The van der Waals surface area contributed by atoms with Gasteiger partial charge in [0, 0.05) is 10.0 Å². The van der Waals surface area contributed by atoms with Crippen LogP contribution in [0.4, 0.5) is 13.2 Å². The minimum atomic E-state index is -1.34. The molecule has 0 saturated carbocycles. The summed E-state index contributed by atoms with van der Waals surface area (Å²) < 4.78 is 45.1. The van der Waals surface area contributed by atoms with Gasteiger partial charge in [-0.05, 0) is 24.3 Å². The molecule has 2 rings (SSSR count). The van der Waals surface area contributed by atoms with Crippen LogP contribution in [0.5, 0.6) is 5.75 Å². The van der Waals surface area contributed by atoms with Crippen molar-refractivity contribution in [3.05, 3.63) is 63.4 Å². The molecule has 0 amide bonds. The first-order chi connectivity index (χ1) is 9.88. The lowest BCUT2D eigenvalue weighted by Gasteiger charge is -2.10. The normalized spacial score (nSPS) is 10.5. The van der Waals surface area contributed by atoms with E-state index in [0.29, 0.717) is 0 Å². The van der Waals surface area contributed by atoms with Crippen molar-refractivity contribution in [2.45, 2.75) is 6.61 Å². The third-order valence-corrected chi connectivity index (χ3v) is 3.10. The second-order valence-electron chi connectivity index (χ2n) is 4.10. The maximum atomic E-state index is 13.5. The van der Waals surface area contributed by atoms with Crippen molar-refractivity contribution in [1.82, 2.24) is 0 Å². The number of aromatic carboxylic acids is 1. The molecule has 0 unspecified atom stereocenters. The van der Waals surface area contributed by atoms with Crippen molar-refractivity contribution < 1.29 is 27.8 Å². The van der Waals surface area contributed by atoms with Gasteiger partial charge in [0.15, 0.2) is 11.6 Å². The van der Waals surface area contributed by atoms with Crippen molar-refractivity contribution in [3.8, 4) is 5.75 Å². The van der Waals surface area contributed by atoms with E-state index in [0.717, 1.165) is 18.2 Å². The Hall–Kier alpha value is -2.02. The molecule has 110 valence electrons. The summed E-state index contributed by atoms with van der Waals surface area (Å²) in [5.74, 6) is -4.71. The Balaban J connectivity index is 2.27. The molecule has 0 aromatic heterocycles. The summed E-state index contributed by atoms with van der Waals surface area (Å²) in [6.45, 7) is -0.339. The number of ether oxygens (including phenoxy) is 1. The van der Waals surface area contributed by atoms with Gasteiger partial charge in [0.1, 0.15) is 12.4 Å². The van der Waals surface area contributed by atoms with Crippen LogP contribution in [0, 0.1) is 17.5 Å². The zero-order chi connectivity index (χ0) is 15.6. The van der Waals surface area contributed by atoms with Gasteiger partial charge in [0.05, 0.1) is 5.56 Å². The first-order valence-corrected chi connectivity index (χ1v) is 6.47. The molecule has 2 aromatic rings. The topological polar surface area (TPSA) is 46.5 Å². The van der Waals surface area contributed by atoms with Crippen LogP contribution in [0.25, 0.3) is 0 Å². The Bertz CT molecular complexity index is 704. The fraction of sp³-hybridized carbons (Fsp3) is 0.0714. The van der Waals surface area contributed by atoms with Crippen molar-refractivity contribution in [1.29, 1.82) is 0 Å². The van der Waals surface area contributed by atoms with Gasteiger partial charge < -0.3 is 9.84 Å². The van der Waals surface area contributed by atoms with E-state index in [1.165, 1.54) is 12.1 Å². The second kappa shape index (κ2) is 6.17. The molecule has 0 bridgehead atoms. The second-order valence-corrected chi connectivity index (χ2v) is 5.01. The molecule has 21 heavy (non-hydrogen) atoms. The lowest BCUT2D eigenvalue weighted by atomic mass is 10.1. The maximum Gasteiger partial charge on any atom is 0.336 e. The third-order valence-electron chi connectivity index (χ3n) is 2.65. The Kier molecular flexibility index (Phi) is 4.52. The highest BCUT2D eigenvalue weighted by Crippen LogP contribution is 2.26. The minimum Gasteiger partial charge on any atom is -0.486 e. The van der Waals surface area contributed by atoms with Crippen molar-refractivity contribution >= 4 is 21.9 Å². The van der Waals surface area contributed by atoms with E-state index in [1.54, 1.807) is 0 Å². The SMILES string of the molecule is O=C(O)c1cc(F)ccc1COc1cc(Br)cc(F)c1F. The molecule has 3 nitrogen and oxygen atoms in total. The number of carboxylic acids is 1. The van der Waals surface area contributed by atoms with E-state index < -0.39 is 23.4 Å². The molecule has 0 radical (unpaired) electrons. The molecule has 2 aromatic carbocycles. The molecule has 0 fully saturated rings. The van der Waals surface area contributed by atoms with E-state index in [1.807, 2.05) is 0 Å². The zero-order valence-electron chi connectivity index (χ0n) is 10.4. The summed E-state index contributed by atoms with van der Waals surface area (Å²) in [5, 5.41) is 8.97. The maximum absolute atomic E-state index is 13.5. The summed E-state index contributed by atoms with van der Waals surface area (Å²) in [7, 11) is 0. The van der Waals surface area contributed by atoms with E-state index >= 15 is 0 Å². The number of carboxylic acid groups (broad SMARTS) is 1. The lowest BCUT2D eigenvalue weighted by Crippen LogP contribution is -2.07. The molecule has 0 aliphatic rings. The third kappa shape index (κ3) is 3.55.